The van der Waals surface area contributed by atoms with Crippen LogP contribution in [-0.2, 0) is 11.2 Å². The number of nitrogens with two attached hydrogens (primary N) is 2. The summed E-state index contributed by atoms with van der Waals surface area (Å²) in [4.78, 5) is 4.72. The minimum Gasteiger partial charge on any atom is -0.494 e. The van der Waals surface area contributed by atoms with Crippen molar-refractivity contribution < 1.29 is 14.6 Å². The van der Waals surface area contributed by atoms with Crippen LogP contribution in [0.1, 0.15) is 44.2 Å². The van der Waals surface area contributed by atoms with Crippen molar-refractivity contribution in [3.63, 3.8) is 0 Å². The molecule has 37 heavy (non-hydrogen) atoms. The summed E-state index contributed by atoms with van der Waals surface area (Å²) >= 11 is 0. The van der Waals surface area contributed by atoms with Crippen molar-refractivity contribution in [3.05, 3.63) is 65.9 Å². The minimum absolute atomic E-state index is 0.0861. The van der Waals surface area contributed by atoms with Crippen LogP contribution in [0.15, 0.2) is 54.7 Å². The number of aliphatic hydroxyl groups excluding tert-OH is 1. The van der Waals surface area contributed by atoms with E-state index in [0.717, 1.165) is 49.4 Å². The molecule has 0 aromatic heterocycles. The summed E-state index contributed by atoms with van der Waals surface area (Å²) in [5.41, 5.74) is 10.4. The summed E-state index contributed by atoms with van der Waals surface area (Å²) in [6.07, 6.45) is 4.57. The summed E-state index contributed by atoms with van der Waals surface area (Å²) < 4.78 is 11.4. The molecule has 8 nitrogen and oxygen atoms in total. The standard InChI is InChI=1S/C29H43N5O3/c1-21(33-15-13-23-7-4-5-8-27(23)33)20-34(31)28(19-30)24-9-11-26(12-10-24)36-16-6-14-32(3)25-17-22(2)37-29(35)18-25/h4-5,7-12,19,21-22,25,29,35H,6,13-18,20,30-31H2,1-3H3/b28-19-/t21-,22?,25?,29?/m0/s1. The smallest absolute Gasteiger partial charge is 0.156 e. The van der Waals surface area contributed by atoms with Crippen LogP contribution in [0, 0.1) is 0 Å². The Hall–Kier alpha value is -2.78. The van der Waals surface area contributed by atoms with Crippen molar-refractivity contribution in [2.75, 3.05) is 38.2 Å². The molecule has 0 bridgehead atoms. The fraction of sp³-hybridized carbons (Fsp3) is 0.517. The van der Waals surface area contributed by atoms with E-state index in [-0.39, 0.29) is 12.1 Å². The third-order valence-corrected chi connectivity index (χ3v) is 7.55. The third kappa shape index (κ3) is 6.96. The molecule has 0 radical (unpaired) electrons. The van der Waals surface area contributed by atoms with E-state index in [9.17, 15) is 5.11 Å². The number of fused-ring (bicyclic) bond motifs is 1. The molecule has 202 valence electrons. The van der Waals surface area contributed by atoms with Gasteiger partial charge < -0.3 is 35.1 Å². The second-order valence-electron chi connectivity index (χ2n) is 10.4. The molecule has 1 fully saturated rings. The highest BCUT2D eigenvalue weighted by Gasteiger charge is 2.28. The van der Waals surface area contributed by atoms with Gasteiger partial charge in [0, 0.05) is 49.0 Å². The molecule has 2 aromatic carbocycles. The predicted octanol–water partition coefficient (Wildman–Crippen LogP) is 3.16. The Bertz CT molecular complexity index is 1020. The zero-order valence-corrected chi connectivity index (χ0v) is 22.4. The zero-order valence-electron chi connectivity index (χ0n) is 22.4. The summed E-state index contributed by atoms with van der Waals surface area (Å²) in [5, 5.41) is 11.6. The Labute approximate surface area is 221 Å². The number of benzene rings is 2. The molecule has 0 amide bonds. The minimum atomic E-state index is -0.664. The summed E-state index contributed by atoms with van der Waals surface area (Å²) in [6.45, 7) is 7.42. The number of nitrogens with zero attached hydrogens (tertiary/aromatic N) is 3. The lowest BCUT2D eigenvalue weighted by atomic mass is 10.0. The number of hydrogen-bond donors (Lipinski definition) is 3. The SMILES string of the molecule is CC1CC(N(C)CCCOc2ccc(/C(=C/N)N(N)C[C@H](C)N3CCc4ccccc43)cc2)CC(O)O1. The monoisotopic (exact) mass is 509 g/mol. The van der Waals surface area contributed by atoms with Gasteiger partial charge in [0.05, 0.1) is 25.0 Å². The largest absolute Gasteiger partial charge is 0.494 e. The first-order valence-corrected chi connectivity index (χ1v) is 13.4. The van der Waals surface area contributed by atoms with Crippen LogP contribution in [-0.4, -0.2) is 72.8 Å². The Balaban J connectivity index is 1.24. The molecule has 3 unspecified atom stereocenters. The highest BCUT2D eigenvalue weighted by molar-refractivity contribution is 5.64. The first-order valence-electron chi connectivity index (χ1n) is 13.4. The van der Waals surface area contributed by atoms with Crippen molar-refractivity contribution in [2.24, 2.45) is 11.6 Å². The van der Waals surface area contributed by atoms with Gasteiger partial charge in [0.25, 0.3) is 0 Å². The summed E-state index contributed by atoms with van der Waals surface area (Å²) in [7, 11) is 2.10. The second kappa shape index (κ2) is 12.6. The van der Waals surface area contributed by atoms with Gasteiger partial charge >= 0.3 is 0 Å². The van der Waals surface area contributed by atoms with Crippen LogP contribution < -0.4 is 21.2 Å². The first kappa shape index (κ1) is 27.3. The lowest BCUT2D eigenvalue weighted by Gasteiger charge is -2.36. The lowest BCUT2D eigenvalue weighted by molar-refractivity contribution is -0.173. The van der Waals surface area contributed by atoms with E-state index in [1.807, 2.05) is 31.2 Å². The van der Waals surface area contributed by atoms with Crippen LogP contribution >= 0.6 is 0 Å². The van der Waals surface area contributed by atoms with Gasteiger partial charge in [-0.15, -0.1) is 0 Å². The van der Waals surface area contributed by atoms with Crippen LogP contribution in [0.25, 0.3) is 5.70 Å². The molecule has 0 aliphatic carbocycles. The molecule has 0 spiro atoms. The molecule has 4 atom stereocenters. The number of rotatable bonds is 11. The Kier molecular flexibility index (Phi) is 9.32. The van der Waals surface area contributed by atoms with Crippen molar-refractivity contribution >= 4 is 11.4 Å². The van der Waals surface area contributed by atoms with E-state index in [2.05, 4.69) is 48.0 Å². The number of hydrazine groups is 1. The van der Waals surface area contributed by atoms with E-state index in [1.165, 1.54) is 11.3 Å². The van der Waals surface area contributed by atoms with Gasteiger partial charge in [-0.3, -0.25) is 0 Å². The molecule has 2 heterocycles. The van der Waals surface area contributed by atoms with Crippen LogP contribution in [0.4, 0.5) is 5.69 Å². The highest BCUT2D eigenvalue weighted by atomic mass is 16.6. The quantitative estimate of drug-likeness (QED) is 0.241. The van der Waals surface area contributed by atoms with E-state index < -0.39 is 6.29 Å². The average Bonchev–Trinajstić information content (AvgIpc) is 3.31. The molecule has 1 saturated heterocycles. The predicted molar refractivity (Wildman–Crippen MR) is 149 cm³/mol. The maximum Gasteiger partial charge on any atom is 0.156 e. The molecular formula is C29H43N5O3. The van der Waals surface area contributed by atoms with Crippen molar-refractivity contribution in [1.82, 2.24) is 9.91 Å². The average molecular weight is 510 g/mol. The van der Waals surface area contributed by atoms with Gasteiger partial charge in [-0.1, -0.05) is 18.2 Å². The summed E-state index contributed by atoms with van der Waals surface area (Å²) in [6, 6.07) is 17.1. The molecular weight excluding hydrogens is 466 g/mol. The Morgan fingerprint density at radius 1 is 1.22 bits per heavy atom. The van der Waals surface area contributed by atoms with E-state index in [1.54, 1.807) is 11.2 Å². The van der Waals surface area contributed by atoms with Gasteiger partial charge in [-0.25, -0.2) is 5.84 Å². The van der Waals surface area contributed by atoms with Crippen molar-refractivity contribution in [2.45, 2.75) is 64.0 Å². The van der Waals surface area contributed by atoms with Gasteiger partial charge in [-0.2, -0.15) is 0 Å². The maximum absolute atomic E-state index is 9.86. The second-order valence-corrected chi connectivity index (χ2v) is 10.4. The van der Waals surface area contributed by atoms with E-state index >= 15 is 0 Å². The molecule has 2 aliphatic heterocycles. The molecule has 8 heteroatoms. The summed E-state index contributed by atoms with van der Waals surface area (Å²) in [5.74, 6) is 7.31. The molecule has 0 saturated carbocycles. The zero-order chi connectivity index (χ0) is 26.4. The van der Waals surface area contributed by atoms with Crippen molar-refractivity contribution in [3.8, 4) is 5.75 Å². The number of ether oxygens (including phenoxy) is 2. The Morgan fingerprint density at radius 3 is 2.70 bits per heavy atom. The van der Waals surface area contributed by atoms with Gasteiger partial charge in [0.15, 0.2) is 6.29 Å². The van der Waals surface area contributed by atoms with Gasteiger partial charge in [0.2, 0.25) is 0 Å². The molecule has 2 aliphatic rings. The van der Waals surface area contributed by atoms with Crippen LogP contribution in [0.3, 0.4) is 0 Å². The molecule has 5 N–H and O–H groups in total. The van der Waals surface area contributed by atoms with E-state index in [4.69, 9.17) is 21.1 Å². The number of para-hydroxylation sites is 1. The molecule has 2 aromatic rings. The van der Waals surface area contributed by atoms with Gasteiger partial charge in [-0.05, 0) is 76.1 Å². The van der Waals surface area contributed by atoms with Crippen molar-refractivity contribution in [1.29, 1.82) is 0 Å². The topological polar surface area (TPSA) is 100 Å². The lowest BCUT2D eigenvalue weighted by Crippen LogP contribution is -2.44. The third-order valence-electron chi connectivity index (χ3n) is 7.55. The van der Waals surface area contributed by atoms with E-state index in [0.29, 0.717) is 25.6 Å². The number of anilines is 1. The normalized spacial score (nSPS) is 22.7. The highest BCUT2D eigenvalue weighted by Crippen LogP contribution is 2.30. The number of hydrogen-bond acceptors (Lipinski definition) is 8. The first-order chi connectivity index (χ1) is 17.9. The maximum atomic E-state index is 9.86. The molecule has 4 rings (SSSR count). The van der Waals surface area contributed by atoms with Crippen LogP contribution in [0.2, 0.25) is 0 Å². The van der Waals surface area contributed by atoms with Gasteiger partial charge in [0.1, 0.15) is 5.75 Å². The number of aliphatic hydroxyl groups is 1. The Morgan fingerprint density at radius 2 is 1.97 bits per heavy atom. The van der Waals surface area contributed by atoms with Crippen LogP contribution in [0.5, 0.6) is 5.75 Å². The fourth-order valence-corrected chi connectivity index (χ4v) is 5.52. The fourth-order valence-electron chi connectivity index (χ4n) is 5.52.